The summed E-state index contributed by atoms with van der Waals surface area (Å²) in [6, 6.07) is 11.4. The van der Waals surface area contributed by atoms with Crippen LogP contribution in [0.3, 0.4) is 0 Å². The molecule has 35 heavy (non-hydrogen) atoms. The van der Waals surface area contributed by atoms with E-state index in [0.717, 1.165) is 38.8 Å². The van der Waals surface area contributed by atoms with Crippen LogP contribution in [0, 0.1) is 11.3 Å². The summed E-state index contributed by atoms with van der Waals surface area (Å²) in [6.07, 6.45) is 9.89. The number of amides is 1. The van der Waals surface area contributed by atoms with Crippen molar-refractivity contribution >= 4 is 23.3 Å². The Balaban J connectivity index is 1.15. The number of hydrogen-bond acceptors (Lipinski definition) is 7. The normalized spacial score (nSPS) is 20.6. The number of anilines is 1. The fourth-order valence-corrected chi connectivity index (χ4v) is 4.97. The molecule has 3 N–H and O–H groups in total. The van der Waals surface area contributed by atoms with Crippen molar-refractivity contribution < 1.29 is 9.53 Å². The number of rotatable bonds is 9. The highest BCUT2D eigenvalue weighted by molar-refractivity contribution is 6.31. The summed E-state index contributed by atoms with van der Waals surface area (Å²) in [5, 5.41) is 27.6. The van der Waals surface area contributed by atoms with Crippen LogP contribution in [0.15, 0.2) is 30.3 Å². The predicted molar refractivity (Wildman–Crippen MR) is 136 cm³/mol. The first-order valence-corrected chi connectivity index (χ1v) is 13.0. The van der Waals surface area contributed by atoms with E-state index < -0.39 is 0 Å². The lowest BCUT2D eigenvalue weighted by Crippen LogP contribution is -2.40. The minimum Gasteiger partial charge on any atom is -0.490 e. The van der Waals surface area contributed by atoms with E-state index in [9.17, 15) is 4.79 Å². The van der Waals surface area contributed by atoms with Gasteiger partial charge in [0.05, 0.1) is 16.7 Å². The molecule has 0 saturated heterocycles. The van der Waals surface area contributed by atoms with Crippen LogP contribution in [0.25, 0.3) is 0 Å². The number of benzene rings is 1. The first-order valence-electron chi connectivity index (χ1n) is 12.6. The summed E-state index contributed by atoms with van der Waals surface area (Å²) in [5.74, 6) is 1.13. The average Bonchev–Trinajstić information content (AvgIpc) is 2.89. The van der Waals surface area contributed by atoms with Crippen molar-refractivity contribution in [2.24, 2.45) is 0 Å². The minimum absolute atomic E-state index is 0.0601. The summed E-state index contributed by atoms with van der Waals surface area (Å²) in [6.45, 7) is 1.66. The van der Waals surface area contributed by atoms with Crippen LogP contribution >= 0.6 is 11.6 Å². The quantitative estimate of drug-likeness (QED) is 0.439. The molecule has 0 unspecified atom stereocenters. The lowest BCUT2D eigenvalue weighted by molar-refractivity contribution is 0.0888. The molecule has 9 heteroatoms. The molecule has 186 valence electrons. The third kappa shape index (κ3) is 7.55. The first-order chi connectivity index (χ1) is 17.1. The van der Waals surface area contributed by atoms with E-state index in [4.69, 9.17) is 21.6 Å². The largest absolute Gasteiger partial charge is 0.490 e. The van der Waals surface area contributed by atoms with Gasteiger partial charge in [0.25, 0.3) is 5.91 Å². The summed E-state index contributed by atoms with van der Waals surface area (Å²) in [4.78, 5) is 12.6. The van der Waals surface area contributed by atoms with E-state index in [1.807, 2.05) is 6.07 Å². The zero-order valence-electron chi connectivity index (χ0n) is 19.9. The summed E-state index contributed by atoms with van der Waals surface area (Å²) in [7, 11) is 0. The van der Waals surface area contributed by atoms with Crippen LogP contribution in [0.4, 0.5) is 5.82 Å². The number of nitrogens with one attached hydrogen (secondary N) is 3. The van der Waals surface area contributed by atoms with Crippen molar-refractivity contribution in [3.8, 4) is 11.8 Å². The maximum Gasteiger partial charge on any atom is 0.272 e. The Morgan fingerprint density at radius 2 is 1.80 bits per heavy atom. The van der Waals surface area contributed by atoms with Crippen LogP contribution in [0.2, 0.25) is 5.02 Å². The standard InChI is InChI=1S/C26H33ClN6O2/c27-23-16-22(9-6-18(23)17-28)35-21-10-7-20(8-11-21)31-26(34)24-12-13-25(33-32-24)30-15-14-29-19-4-2-1-3-5-19/h6,9,12-13,16,19-21,29H,1-5,7-8,10-11,14-15H2,(H,30,33)(H,31,34). The summed E-state index contributed by atoms with van der Waals surface area (Å²) >= 11 is 6.09. The number of carbonyl (C=O) groups excluding carboxylic acids is 1. The van der Waals surface area contributed by atoms with Crippen molar-refractivity contribution in [3.05, 3.63) is 46.6 Å². The van der Waals surface area contributed by atoms with E-state index >= 15 is 0 Å². The van der Waals surface area contributed by atoms with Crippen molar-refractivity contribution in [1.29, 1.82) is 5.26 Å². The van der Waals surface area contributed by atoms with Gasteiger partial charge in [-0.1, -0.05) is 30.9 Å². The van der Waals surface area contributed by atoms with Crippen LogP contribution in [0.5, 0.6) is 5.75 Å². The molecule has 2 aliphatic rings. The second-order valence-electron chi connectivity index (χ2n) is 9.34. The smallest absolute Gasteiger partial charge is 0.272 e. The third-order valence-corrected chi connectivity index (χ3v) is 7.05. The van der Waals surface area contributed by atoms with Crippen LogP contribution in [-0.4, -0.2) is 47.4 Å². The topological polar surface area (TPSA) is 112 Å². The molecule has 1 heterocycles. The van der Waals surface area contributed by atoms with E-state index in [2.05, 4.69) is 26.1 Å². The number of aromatic nitrogens is 2. The maximum absolute atomic E-state index is 12.6. The highest BCUT2D eigenvalue weighted by Gasteiger charge is 2.24. The molecule has 0 atom stereocenters. The fourth-order valence-electron chi connectivity index (χ4n) is 4.76. The number of carbonyl (C=O) groups is 1. The molecular weight excluding hydrogens is 464 g/mol. The SMILES string of the molecule is N#Cc1ccc(OC2CCC(NC(=O)c3ccc(NCCNC4CCCCC4)nn3)CC2)cc1Cl. The van der Waals surface area contributed by atoms with Crippen molar-refractivity contribution in [1.82, 2.24) is 20.8 Å². The molecule has 2 aliphatic carbocycles. The predicted octanol–water partition coefficient (Wildman–Crippen LogP) is 4.46. The number of nitriles is 1. The van der Waals surface area contributed by atoms with E-state index in [0.29, 0.717) is 33.9 Å². The molecule has 0 aliphatic heterocycles. The van der Waals surface area contributed by atoms with E-state index in [-0.39, 0.29) is 18.1 Å². The van der Waals surface area contributed by atoms with Gasteiger partial charge in [-0.3, -0.25) is 4.79 Å². The van der Waals surface area contributed by atoms with Gasteiger partial charge < -0.3 is 20.7 Å². The van der Waals surface area contributed by atoms with Gasteiger partial charge in [-0.05, 0) is 62.8 Å². The molecule has 0 radical (unpaired) electrons. The van der Waals surface area contributed by atoms with Crippen LogP contribution < -0.4 is 20.7 Å². The molecule has 0 bridgehead atoms. The van der Waals surface area contributed by atoms with Crippen molar-refractivity contribution in [2.75, 3.05) is 18.4 Å². The Morgan fingerprint density at radius 1 is 1.00 bits per heavy atom. The maximum atomic E-state index is 12.6. The fraction of sp³-hybridized carbons (Fsp3) is 0.538. The van der Waals surface area contributed by atoms with Gasteiger partial charge in [-0.2, -0.15) is 5.26 Å². The zero-order valence-corrected chi connectivity index (χ0v) is 20.7. The zero-order chi connectivity index (χ0) is 24.5. The lowest BCUT2D eigenvalue weighted by Gasteiger charge is -2.29. The third-order valence-electron chi connectivity index (χ3n) is 6.74. The Labute approximate surface area is 211 Å². The Kier molecular flexibility index (Phi) is 9.15. The number of hydrogen-bond donors (Lipinski definition) is 3. The second kappa shape index (κ2) is 12.7. The number of halogens is 1. The van der Waals surface area contributed by atoms with Crippen molar-refractivity contribution in [3.63, 3.8) is 0 Å². The van der Waals surface area contributed by atoms with E-state index in [1.165, 1.54) is 32.1 Å². The van der Waals surface area contributed by atoms with Gasteiger partial charge in [-0.15, -0.1) is 10.2 Å². The van der Waals surface area contributed by atoms with Crippen molar-refractivity contribution in [2.45, 2.75) is 76.0 Å². The monoisotopic (exact) mass is 496 g/mol. The van der Waals surface area contributed by atoms with Crippen LogP contribution in [0.1, 0.15) is 73.8 Å². The molecule has 2 saturated carbocycles. The molecule has 1 aromatic heterocycles. The average molecular weight is 497 g/mol. The molecular formula is C26H33ClN6O2. The Bertz CT molecular complexity index is 1010. The molecule has 0 spiro atoms. The van der Waals surface area contributed by atoms with Gasteiger partial charge in [0.2, 0.25) is 0 Å². The Morgan fingerprint density at radius 3 is 2.49 bits per heavy atom. The highest BCUT2D eigenvalue weighted by Crippen LogP contribution is 2.27. The first kappa shape index (κ1) is 25.2. The molecule has 8 nitrogen and oxygen atoms in total. The summed E-state index contributed by atoms with van der Waals surface area (Å²) < 4.78 is 6.02. The lowest BCUT2D eigenvalue weighted by atomic mass is 9.93. The number of ether oxygens (including phenoxy) is 1. The van der Waals surface area contributed by atoms with Gasteiger partial charge >= 0.3 is 0 Å². The summed E-state index contributed by atoms with van der Waals surface area (Å²) in [5.41, 5.74) is 0.755. The van der Waals surface area contributed by atoms with Gasteiger partial charge in [0, 0.05) is 31.2 Å². The minimum atomic E-state index is -0.203. The Hall–Kier alpha value is -2.89. The number of nitrogens with zero attached hydrogens (tertiary/aromatic N) is 3. The molecule has 1 amide bonds. The van der Waals surface area contributed by atoms with Gasteiger partial charge in [0.1, 0.15) is 17.6 Å². The van der Waals surface area contributed by atoms with Gasteiger partial charge in [-0.25, -0.2) is 0 Å². The molecule has 2 fully saturated rings. The second-order valence-corrected chi connectivity index (χ2v) is 9.75. The molecule has 1 aromatic carbocycles. The van der Waals surface area contributed by atoms with Crippen LogP contribution in [-0.2, 0) is 0 Å². The van der Waals surface area contributed by atoms with E-state index in [1.54, 1.807) is 30.3 Å². The highest BCUT2D eigenvalue weighted by atomic mass is 35.5. The molecule has 2 aromatic rings. The van der Waals surface area contributed by atoms with Gasteiger partial charge in [0.15, 0.2) is 5.69 Å². The molecule has 4 rings (SSSR count).